The Morgan fingerprint density at radius 3 is 2.50 bits per heavy atom. The number of aromatic nitrogens is 2. The standard InChI is InChI=1S/C35H38N4O7/c1-4-35(43)27-17-29-31-22(18-39(29)33(41)26(27)20-46-34(35)42)16-24-25(19-38(2)3)30(13-12-28(24)37-31)45-15-7-5-6-14-44-23-10-8-21(9-11-23)32(36)40/h8-13,16-17,43H,4-7,14-15,18-20H2,1-3H3,(H2,36,40)/t35-/m0/s1. The van der Waals surface area contributed by atoms with Gasteiger partial charge in [0.1, 0.15) is 18.1 Å². The zero-order valence-electron chi connectivity index (χ0n) is 26.3. The van der Waals surface area contributed by atoms with Crippen LogP contribution in [0.2, 0.25) is 0 Å². The smallest absolute Gasteiger partial charge is 0.343 e. The Kier molecular flexibility index (Phi) is 8.54. The highest BCUT2D eigenvalue weighted by molar-refractivity contribution is 5.93. The molecule has 0 bridgehead atoms. The fraction of sp³-hybridized carbons (Fsp3) is 0.371. The van der Waals surface area contributed by atoms with Crippen molar-refractivity contribution in [2.45, 2.75) is 57.9 Å². The Labute approximate surface area is 266 Å². The van der Waals surface area contributed by atoms with Gasteiger partial charge in [0, 0.05) is 34.2 Å². The number of hydrogen-bond donors (Lipinski definition) is 2. The number of carbonyl (C=O) groups is 2. The molecule has 11 nitrogen and oxygen atoms in total. The van der Waals surface area contributed by atoms with E-state index in [9.17, 15) is 19.5 Å². The molecular weight excluding hydrogens is 588 g/mol. The summed E-state index contributed by atoms with van der Waals surface area (Å²) < 4.78 is 18.9. The van der Waals surface area contributed by atoms with E-state index in [2.05, 4.69) is 11.0 Å². The number of carbonyl (C=O) groups excluding carboxylic acids is 2. The molecule has 2 aliphatic rings. The van der Waals surface area contributed by atoms with Crippen molar-refractivity contribution >= 4 is 22.8 Å². The molecule has 4 heterocycles. The second kappa shape index (κ2) is 12.6. The lowest BCUT2D eigenvalue weighted by molar-refractivity contribution is -0.172. The highest BCUT2D eigenvalue weighted by atomic mass is 16.6. The number of amides is 1. The summed E-state index contributed by atoms with van der Waals surface area (Å²) >= 11 is 0. The maximum Gasteiger partial charge on any atom is 0.343 e. The molecule has 4 aromatic rings. The highest BCUT2D eigenvalue weighted by Crippen LogP contribution is 2.40. The van der Waals surface area contributed by atoms with Crippen LogP contribution in [-0.4, -0.2) is 58.7 Å². The number of primary amides is 1. The molecule has 240 valence electrons. The van der Waals surface area contributed by atoms with Gasteiger partial charge in [-0.2, -0.15) is 0 Å². The van der Waals surface area contributed by atoms with Crippen molar-refractivity contribution in [2.24, 2.45) is 5.73 Å². The van der Waals surface area contributed by atoms with Crippen molar-refractivity contribution in [3.05, 3.63) is 86.7 Å². The third-order valence-electron chi connectivity index (χ3n) is 8.69. The Hall–Kier alpha value is -4.74. The zero-order valence-corrected chi connectivity index (χ0v) is 26.3. The van der Waals surface area contributed by atoms with Crippen molar-refractivity contribution in [1.29, 1.82) is 0 Å². The van der Waals surface area contributed by atoms with E-state index in [4.69, 9.17) is 24.9 Å². The third-order valence-corrected chi connectivity index (χ3v) is 8.69. The van der Waals surface area contributed by atoms with Gasteiger partial charge in [0.25, 0.3) is 5.56 Å². The van der Waals surface area contributed by atoms with Crippen LogP contribution < -0.4 is 20.8 Å². The molecule has 1 amide bonds. The maximum atomic E-state index is 13.5. The zero-order chi connectivity index (χ0) is 32.6. The average molecular weight is 627 g/mol. The van der Waals surface area contributed by atoms with E-state index in [1.807, 2.05) is 26.2 Å². The van der Waals surface area contributed by atoms with Crippen molar-refractivity contribution in [2.75, 3.05) is 27.3 Å². The Bertz CT molecular complexity index is 1880. The minimum atomic E-state index is -1.86. The van der Waals surface area contributed by atoms with Gasteiger partial charge in [0.2, 0.25) is 5.91 Å². The molecule has 0 radical (unpaired) electrons. The van der Waals surface area contributed by atoms with Crippen LogP contribution in [-0.2, 0) is 34.8 Å². The van der Waals surface area contributed by atoms with Gasteiger partial charge < -0.3 is 34.5 Å². The van der Waals surface area contributed by atoms with E-state index in [0.29, 0.717) is 60.1 Å². The van der Waals surface area contributed by atoms with Crippen molar-refractivity contribution in [1.82, 2.24) is 14.5 Å². The van der Waals surface area contributed by atoms with Crippen molar-refractivity contribution in [3.63, 3.8) is 0 Å². The van der Waals surface area contributed by atoms with E-state index in [1.54, 1.807) is 41.8 Å². The number of cyclic esters (lactones) is 1. The first kappa shape index (κ1) is 31.3. The van der Waals surface area contributed by atoms with Crippen molar-refractivity contribution < 1.29 is 28.9 Å². The molecule has 2 aliphatic heterocycles. The van der Waals surface area contributed by atoms with Crippen LogP contribution in [0, 0.1) is 0 Å². The molecule has 0 spiro atoms. The van der Waals surface area contributed by atoms with Gasteiger partial charge in [-0.1, -0.05) is 6.92 Å². The number of ether oxygens (including phenoxy) is 3. The number of benzene rings is 2. The van der Waals surface area contributed by atoms with Gasteiger partial charge >= 0.3 is 5.97 Å². The molecule has 46 heavy (non-hydrogen) atoms. The predicted molar refractivity (Wildman–Crippen MR) is 172 cm³/mol. The molecule has 2 aromatic carbocycles. The molecule has 11 heteroatoms. The lowest BCUT2D eigenvalue weighted by Crippen LogP contribution is -2.44. The summed E-state index contributed by atoms with van der Waals surface area (Å²) in [5.74, 6) is 0.291. The SMILES string of the molecule is CC[C@@]1(O)C(=O)OCc2c1cc1n(c2=O)Cc2cc3c(CN(C)C)c(OCCCCCOc4ccc(C(N)=O)cc4)ccc3nc2-1. The predicted octanol–water partition coefficient (Wildman–Crippen LogP) is 3.87. The number of hydrogen-bond acceptors (Lipinski definition) is 9. The number of esters is 1. The summed E-state index contributed by atoms with van der Waals surface area (Å²) in [4.78, 5) is 44.3. The second-order valence-corrected chi connectivity index (χ2v) is 12.1. The van der Waals surface area contributed by atoms with Crippen LogP contribution >= 0.6 is 0 Å². The van der Waals surface area contributed by atoms with Gasteiger partial charge in [-0.15, -0.1) is 0 Å². The average Bonchev–Trinajstić information content (AvgIpc) is 3.40. The lowest BCUT2D eigenvalue weighted by Gasteiger charge is -2.31. The third kappa shape index (κ3) is 5.72. The molecular formula is C35H38N4O7. The second-order valence-electron chi connectivity index (χ2n) is 12.1. The fourth-order valence-corrected chi connectivity index (χ4v) is 6.17. The first-order valence-electron chi connectivity index (χ1n) is 15.5. The molecule has 0 saturated heterocycles. The van der Waals surface area contributed by atoms with Crippen LogP contribution in [0.3, 0.4) is 0 Å². The van der Waals surface area contributed by atoms with E-state index in [0.717, 1.165) is 47.0 Å². The number of fused-ring (bicyclic) bond motifs is 5. The number of nitrogens with two attached hydrogens (primary N) is 1. The monoisotopic (exact) mass is 626 g/mol. The Morgan fingerprint density at radius 2 is 1.80 bits per heavy atom. The summed E-state index contributed by atoms with van der Waals surface area (Å²) in [7, 11) is 4.01. The number of pyridine rings is 2. The number of aliphatic hydroxyl groups is 1. The van der Waals surface area contributed by atoms with E-state index < -0.39 is 17.5 Å². The molecule has 0 fully saturated rings. The van der Waals surface area contributed by atoms with Crippen LogP contribution in [0.4, 0.5) is 0 Å². The normalized spacial score (nSPS) is 16.6. The topological polar surface area (TPSA) is 146 Å². The molecule has 2 aromatic heterocycles. The number of nitrogens with zero attached hydrogens (tertiary/aromatic N) is 3. The molecule has 0 saturated carbocycles. The van der Waals surface area contributed by atoms with E-state index >= 15 is 0 Å². The number of rotatable bonds is 12. The summed E-state index contributed by atoms with van der Waals surface area (Å²) in [6, 6.07) is 14.5. The first-order valence-corrected chi connectivity index (χ1v) is 15.5. The van der Waals surface area contributed by atoms with Gasteiger partial charge in [-0.25, -0.2) is 9.78 Å². The fourth-order valence-electron chi connectivity index (χ4n) is 6.17. The minimum absolute atomic E-state index is 0.0955. The van der Waals surface area contributed by atoms with Crippen LogP contribution in [0.25, 0.3) is 22.3 Å². The molecule has 0 aliphatic carbocycles. The first-order chi connectivity index (χ1) is 22.1. The Morgan fingerprint density at radius 1 is 1.07 bits per heavy atom. The summed E-state index contributed by atoms with van der Waals surface area (Å²) in [6.07, 6.45) is 2.73. The lowest BCUT2D eigenvalue weighted by atomic mass is 9.86. The Balaban J connectivity index is 1.18. The summed E-state index contributed by atoms with van der Waals surface area (Å²) in [6.45, 7) is 3.61. The van der Waals surface area contributed by atoms with E-state index in [1.165, 1.54) is 0 Å². The van der Waals surface area contributed by atoms with Crippen LogP contribution in [0.5, 0.6) is 11.5 Å². The minimum Gasteiger partial charge on any atom is -0.494 e. The quantitative estimate of drug-likeness (QED) is 0.156. The van der Waals surface area contributed by atoms with Gasteiger partial charge in [-0.05, 0) is 88.3 Å². The van der Waals surface area contributed by atoms with Crippen LogP contribution in [0.1, 0.15) is 65.2 Å². The van der Waals surface area contributed by atoms with Gasteiger partial charge in [0.15, 0.2) is 5.60 Å². The maximum absolute atomic E-state index is 13.5. The van der Waals surface area contributed by atoms with Crippen LogP contribution in [0.15, 0.2) is 53.3 Å². The van der Waals surface area contributed by atoms with E-state index in [-0.39, 0.29) is 18.6 Å². The molecule has 0 unspecified atom stereocenters. The van der Waals surface area contributed by atoms with Crippen molar-refractivity contribution in [3.8, 4) is 22.9 Å². The highest BCUT2D eigenvalue weighted by Gasteiger charge is 2.45. The molecule has 6 rings (SSSR count). The van der Waals surface area contributed by atoms with Gasteiger partial charge in [-0.3, -0.25) is 9.59 Å². The summed E-state index contributed by atoms with van der Waals surface area (Å²) in [5.41, 5.74) is 8.13. The van der Waals surface area contributed by atoms with Gasteiger partial charge in [0.05, 0.1) is 42.2 Å². The molecule has 1 atom stereocenters. The summed E-state index contributed by atoms with van der Waals surface area (Å²) in [5, 5.41) is 12.1. The molecule has 3 N–H and O–H groups in total. The number of unbranched alkanes of at least 4 members (excludes halogenated alkanes) is 2. The largest absolute Gasteiger partial charge is 0.494 e.